The Balaban J connectivity index is 2.56. The highest BCUT2D eigenvalue weighted by Gasteiger charge is 2.08. The standard InChI is InChI=1S/C9H10N4O/c1-11-9(14)8-12-6-3-2-5(10)4-7(6)13-8/h2-4H,10H2,1H3,(H,11,14)(H,12,13). The van der Waals surface area contributed by atoms with Crippen LogP contribution in [0, 0.1) is 0 Å². The monoisotopic (exact) mass is 190 g/mol. The molecule has 0 spiro atoms. The predicted molar refractivity (Wildman–Crippen MR) is 53.9 cm³/mol. The zero-order chi connectivity index (χ0) is 10.1. The molecule has 0 aliphatic heterocycles. The maximum absolute atomic E-state index is 11.2. The van der Waals surface area contributed by atoms with Crippen molar-refractivity contribution < 1.29 is 4.79 Å². The Morgan fingerprint density at radius 3 is 3.07 bits per heavy atom. The van der Waals surface area contributed by atoms with Gasteiger partial charge in [-0.05, 0) is 18.2 Å². The molecule has 14 heavy (non-hydrogen) atoms. The molecule has 0 unspecified atom stereocenters. The van der Waals surface area contributed by atoms with Crippen LogP contribution in [0.5, 0.6) is 0 Å². The Kier molecular flexibility index (Phi) is 1.85. The minimum atomic E-state index is -0.236. The molecule has 1 amide bonds. The second-order valence-corrected chi connectivity index (χ2v) is 2.94. The third-order valence-electron chi connectivity index (χ3n) is 1.95. The number of anilines is 1. The number of hydrogen-bond acceptors (Lipinski definition) is 3. The minimum Gasteiger partial charge on any atom is -0.399 e. The number of aromatic nitrogens is 2. The van der Waals surface area contributed by atoms with Gasteiger partial charge in [-0.25, -0.2) is 4.98 Å². The Labute approximate surface area is 80.3 Å². The first kappa shape index (κ1) is 8.55. The van der Waals surface area contributed by atoms with E-state index in [0.29, 0.717) is 17.0 Å². The molecule has 1 heterocycles. The minimum absolute atomic E-state index is 0.236. The first-order valence-electron chi connectivity index (χ1n) is 4.18. The SMILES string of the molecule is CNC(=O)c1nc2cc(N)ccc2[nH]1. The molecule has 5 heteroatoms. The van der Waals surface area contributed by atoms with Gasteiger partial charge in [0.25, 0.3) is 5.91 Å². The Morgan fingerprint density at radius 1 is 1.57 bits per heavy atom. The molecule has 0 fully saturated rings. The maximum Gasteiger partial charge on any atom is 0.286 e. The number of imidazole rings is 1. The number of nitrogens with one attached hydrogen (secondary N) is 2. The third-order valence-corrected chi connectivity index (χ3v) is 1.95. The summed E-state index contributed by atoms with van der Waals surface area (Å²) >= 11 is 0. The van der Waals surface area contributed by atoms with Gasteiger partial charge in [0.15, 0.2) is 5.82 Å². The van der Waals surface area contributed by atoms with Crippen molar-refractivity contribution >= 4 is 22.6 Å². The quantitative estimate of drug-likeness (QED) is 0.573. The van der Waals surface area contributed by atoms with Crippen molar-refractivity contribution in [3.8, 4) is 0 Å². The van der Waals surface area contributed by atoms with Crippen LogP contribution in [0.15, 0.2) is 18.2 Å². The maximum atomic E-state index is 11.2. The van der Waals surface area contributed by atoms with Crippen LogP contribution in [0.3, 0.4) is 0 Å². The second kappa shape index (κ2) is 3.02. The second-order valence-electron chi connectivity index (χ2n) is 2.94. The van der Waals surface area contributed by atoms with E-state index in [9.17, 15) is 4.79 Å². The number of fused-ring (bicyclic) bond motifs is 1. The fourth-order valence-corrected chi connectivity index (χ4v) is 1.25. The van der Waals surface area contributed by atoms with Crippen LogP contribution in [0.4, 0.5) is 5.69 Å². The van der Waals surface area contributed by atoms with E-state index in [0.717, 1.165) is 5.52 Å². The number of amides is 1. The molecule has 0 saturated heterocycles. The normalized spacial score (nSPS) is 10.4. The molecule has 0 saturated carbocycles. The van der Waals surface area contributed by atoms with Crippen molar-refractivity contribution in [2.24, 2.45) is 0 Å². The molecule has 0 bridgehead atoms. The number of hydrogen-bond donors (Lipinski definition) is 3. The fraction of sp³-hybridized carbons (Fsp3) is 0.111. The van der Waals surface area contributed by atoms with E-state index >= 15 is 0 Å². The molecule has 0 atom stereocenters. The molecule has 1 aromatic heterocycles. The first-order valence-corrected chi connectivity index (χ1v) is 4.18. The molecule has 2 aromatic rings. The number of H-pyrrole nitrogens is 1. The molecule has 5 nitrogen and oxygen atoms in total. The van der Waals surface area contributed by atoms with Crippen LogP contribution in [-0.2, 0) is 0 Å². The van der Waals surface area contributed by atoms with Gasteiger partial charge in [-0.3, -0.25) is 4.79 Å². The van der Waals surface area contributed by atoms with Gasteiger partial charge in [0.2, 0.25) is 0 Å². The summed E-state index contributed by atoms with van der Waals surface area (Å²) in [7, 11) is 1.56. The third kappa shape index (κ3) is 1.28. The van der Waals surface area contributed by atoms with Crippen molar-refractivity contribution in [1.82, 2.24) is 15.3 Å². The highest BCUT2D eigenvalue weighted by Crippen LogP contribution is 2.14. The molecule has 1 aromatic carbocycles. The summed E-state index contributed by atoms with van der Waals surface area (Å²) in [5.74, 6) is 0.0628. The number of carbonyl (C=O) groups is 1. The highest BCUT2D eigenvalue weighted by molar-refractivity contribution is 5.94. The lowest BCUT2D eigenvalue weighted by Crippen LogP contribution is -2.19. The lowest BCUT2D eigenvalue weighted by atomic mass is 10.3. The van der Waals surface area contributed by atoms with Gasteiger partial charge in [0.1, 0.15) is 0 Å². The van der Waals surface area contributed by atoms with Crippen LogP contribution in [-0.4, -0.2) is 22.9 Å². The van der Waals surface area contributed by atoms with Crippen LogP contribution in [0.25, 0.3) is 11.0 Å². The van der Waals surface area contributed by atoms with E-state index < -0.39 is 0 Å². The Morgan fingerprint density at radius 2 is 2.36 bits per heavy atom. The summed E-state index contributed by atoms with van der Waals surface area (Å²) < 4.78 is 0. The van der Waals surface area contributed by atoms with Crippen LogP contribution in [0.2, 0.25) is 0 Å². The van der Waals surface area contributed by atoms with Gasteiger partial charge < -0.3 is 16.0 Å². The smallest absolute Gasteiger partial charge is 0.286 e. The van der Waals surface area contributed by atoms with Gasteiger partial charge in [-0.1, -0.05) is 0 Å². The zero-order valence-corrected chi connectivity index (χ0v) is 7.66. The molecule has 0 radical (unpaired) electrons. The van der Waals surface area contributed by atoms with Crippen LogP contribution in [0.1, 0.15) is 10.6 Å². The van der Waals surface area contributed by atoms with Crippen LogP contribution >= 0.6 is 0 Å². The van der Waals surface area contributed by atoms with Crippen LogP contribution < -0.4 is 11.1 Å². The van der Waals surface area contributed by atoms with Crippen molar-refractivity contribution in [1.29, 1.82) is 0 Å². The lowest BCUT2D eigenvalue weighted by Gasteiger charge is -1.90. The van der Waals surface area contributed by atoms with E-state index in [-0.39, 0.29) is 5.91 Å². The van der Waals surface area contributed by atoms with Crippen molar-refractivity contribution in [2.75, 3.05) is 12.8 Å². The van der Waals surface area contributed by atoms with Gasteiger partial charge >= 0.3 is 0 Å². The predicted octanol–water partition coefficient (Wildman–Crippen LogP) is 0.505. The average Bonchev–Trinajstić information content (AvgIpc) is 2.59. The summed E-state index contributed by atoms with van der Waals surface area (Å²) in [5, 5.41) is 2.49. The summed E-state index contributed by atoms with van der Waals surface area (Å²) in [5.41, 5.74) is 7.72. The summed E-state index contributed by atoms with van der Waals surface area (Å²) in [6.07, 6.45) is 0. The lowest BCUT2D eigenvalue weighted by molar-refractivity contribution is 0.0954. The summed E-state index contributed by atoms with van der Waals surface area (Å²) in [4.78, 5) is 18.2. The van der Waals surface area contributed by atoms with Crippen molar-refractivity contribution in [3.05, 3.63) is 24.0 Å². The Bertz CT molecular complexity index is 489. The van der Waals surface area contributed by atoms with E-state index in [4.69, 9.17) is 5.73 Å². The molecule has 4 N–H and O–H groups in total. The van der Waals surface area contributed by atoms with E-state index in [2.05, 4.69) is 15.3 Å². The first-order chi connectivity index (χ1) is 6.70. The number of aromatic amines is 1. The molecular formula is C9H10N4O. The molecule has 0 aliphatic rings. The largest absolute Gasteiger partial charge is 0.399 e. The van der Waals surface area contributed by atoms with Gasteiger partial charge in [-0.2, -0.15) is 0 Å². The number of benzene rings is 1. The van der Waals surface area contributed by atoms with Crippen molar-refractivity contribution in [3.63, 3.8) is 0 Å². The number of nitrogens with two attached hydrogens (primary N) is 1. The van der Waals surface area contributed by atoms with Crippen molar-refractivity contribution in [2.45, 2.75) is 0 Å². The van der Waals surface area contributed by atoms with E-state index in [1.807, 2.05) is 0 Å². The number of rotatable bonds is 1. The number of carbonyl (C=O) groups excluding carboxylic acids is 1. The Hall–Kier alpha value is -2.04. The summed E-state index contributed by atoms with van der Waals surface area (Å²) in [6.45, 7) is 0. The van der Waals surface area contributed by atoms with Gasteiger partial charge in [-0.15, -0.1) is 0 Å². The topological polar surface area (TPSA) is 83.8 Å². The van der Waals surface area contributed by atoms with Gasteiger partial charge in [0.05, 0.1) is 11.0 Å². The molecular weight excluding hydrogens is 180 g/mol. The average molecular weight is 190 g/mol. The zero-order valence-electron chi connectivity index (χ0n) is 7.66. The summed E-state index contributed by atoms with van der Waals surface area (Å²) in [6, 6.07) is 5.27. The molecule has 0 aliphatic carbocycles. The molecule has 72 valence electrons. The number of nitrogen functional groups attached to an aromatic ring is 1. The fourth-order valence-electron chi connectivity index (χ4n) is 1.25. The van der Waals surface area contributed by atoms with E-state index in [1.165, 1.54) is 0 Å². The highest BCUT2D eigenvalue weighted by atomic mass is 16.2. The number of nitrogens with zero attached hydrogens (tertiary/aromatic N) is 1. The molecule has 2 rings (SSSR count). The van der Waals surface area contributed by atoms with E-state index in [1.54, 1.807) is 25.2 Å². The van der Waals surface area contributed by atoms with Gasteiger partial charge in [0, 0.05) is 12.7 Å².